The number of carboxylic acid groups (broad SMARTS) is 1. The maximum Gasteiger partial charge on any atom is 0.326 e. The number of rotatable bonds is 5. The number of anilines is 1. The van der Waals surface area contributed by atoms with E-state index in [-0.39, 0.29) is 18.2 Å². The zero-order valence-corrected chi connectivity index (χ0v) is 13.1. The number of fused-ring (bicyclic) bond motifs is 1. The topological polar surface area (TPSA) is 95.5 Å². The molecule has 7 heteroatoms. The molecule has 0 saturated carbocycles. The summed E-state index contributed by atoms with van der Waals surface area (Å²) in [6.45, 7) is 3.44. The molecule has 2 amide bonds. The average molecular weight is 322 g/mol. The lowest BCUT2D eigenvalue weighted by Crippen LogP contribution is -2.46. The van der Waals surface area contributed by atoms with Crippen LogP contribution in [0.3, 0.4) is 0 Å². The fourth-order valence-electron chi connectivity index (χ4n) is 2.14. The SMILES string of the molecule is CC(C)[C@H](NC(=O)CC1Sc2ccccc2NC1=O)C(=O)O. The van der Waals surface area contributed by atoms with E-state index in [0.717, 1.165) is 10.6 Å². The molecular formula is C15H18N2O4S. The van der Waals surface area contributed by atoms with Crippen LogP contribution >= 0.6 is 11.8 Å². The highest BCUT2D eigenvalue weighted by Gasteiger charge is 2.30. The zero-order chi connectivity index (χ0) is 16.3. The standard InChI is InChI=1S/C15H18N2O4S/c1-8(2)13(15(20)21)17-12(18)7-11-14(19)16-9-5-3-4-6-10(9)22-11/h3-6,8,11,13H,7H2,1-2H3,(H,16,19)(H,17,18)(H,20,21)/t11?,13-/m0/s1. The van der Waals surface area contributed by atoms with Gasteiger partial charge in [0.1, 0.15) is 6.04 Å². The minimum Gasteiger partial charge on any atom is -0.480 e. The van der Waals surface area contributed by atoms with Gasteiger partial charge in [-0.25, -0.2) is 4.79 Å². The Bertz CT molecular complexity index is 603. The Hall–Kier alpha value is -2.02. The van der Waals surface area contributed by atoms with Crippen LogP contribution in [0.15, 0.2) is 29.2 Å². The van der Waals surface area contributed by atoms with Crippen molar-refractivity contribution in [3.05, 3.63) is 24.3 Å². The molecule has 1 aliphatic heterocycles. The maximum absolute atomic E-state index is 12.0. The van der Waals surface area contributed by atoms with Crippen LogP contribution < -0.4 is 10.6 Å². The monoisotopic (exact) mass is 322 g/mol. The van der Waals surface area contributed by atoms with Gasteiger partial charge in [-0.2, -0.15) is 0 Å². The summed E-state index contributed by atoms with van der Waals surface area (Å²) in [5.41, 5.74) is 0.736. The van der Waals surface area contributed by atoms with Crippen LogP contribution in [-0.4, -0.2) is 34.2 Å². The summed E-state index contributed by atoms with van der Waals surface area (Å²) in [5, 5.41) is 13.8. The van der Waals surface area contributed by atoms with Gasteiger partial charge in [0.15, 0.2) is 0 Å². The number of aliphatic carboxylic acids is 1. The Kier molecular flexibility index (Phi) is 5.07. The number of carboxylic acids is 1. The molecule has 1 unspecified atom stereocenters. The molecule has 0 bridgehead atoms. The molecule has 1 aliphatic rings. The summed E-state index contributed by atoms with van der Waals surface area (Å²) in [7, 11) is 0. The first-order valence-electron chi connectivity index (χ1n) is 6.97. The van der Waals surface area contributed by atoms with E-state index in [0.29, 0.717) is 0 Å². The Morgan fingerprint density at radius 2 is 2.05 bits per heavy atom. The molecule has 0 aromatic heterocycles. The first-order chi connectivity index (χ1) is 10.4. The van der Waals surface area contributed by atoms with Gasteiger partial charge in [0.05, 0.1) is 10.9 Å². The quantitative estimate of drug-likeness (QED) is 0.767. The second kappa shape index (κ2) is 6.83. The van der Waals surface area contributed by atoms with Gasteiger partial charge in [-0.1, -0.05) is 26.0 Å². The van der Waals surface area contributed by atoms with Crippen molar-refractivity contribution in [2.75, 3.05) is 5.32 Å². The molecule has 6 nitrogen and oxygen atoms in total. The van der Waals surface area contributed by atoms with Crippen molar-refractivity contribution in [1.29, 1.82) is 0 Å². The maximum atomic E-state index is 12.0. The third-order valence-corrected chi connectivity index (χ3v) is 4.60. The highest BCUT2D eigenvalue weighted by molar-refractivity contribution is 8.01. The molecule has 0 aliphatic carbocycles. The highest BCUT2D eigenvalue weighted by atomic mass is 32.2. The van der Waals surface area contributed by atoms with Gasteiger partial charge in [0, 0.05) is 11.3 Å². The van der Waals surface area contributed by atoms with Crippen molar-refractivity contribution in [3.8, 4) is 0 Å². The molecule has 118 valence electrons. The summed E-state index contributed by atoms with van der Waals surface area (Å²) in [5.74, 6) is -1.98. The second-order valence-corrected chi connectivity index (χ2v) is 6.67. The van der Waals surface area contributed by atoms with Crippen LogP contribution in [0.2, 0.25) is 0 Å². The second-order valence-electron chi connectivity index (χ2n) is 5.42. The first-order valence-corrected chi connectivity index (χ1v) is 7.85. The molecule has 0 spiro atoms. The third-order valence-electron chi connectivity index (χ3n) is 3.33. The van der Waals surface area contributed by atoms with Crippen molar-refractivity contribution in [3.63, 3.8) is 0 Å². The molecule has 0 fully saturated rings. The number of benzene rings is 1. The predicted molar refractivity (Wildman–Crippen MR) is 83.7 cm³/mol. The number of para-hydroxylation sites is 1. The molecule has 22 heavy (non-hydrogen) atoms. The van der Waals surface area contributed by atoms with Gasteiger partial charge >= 0.3 is 5.97 Å². The third kappa shape index (κ3) is 3.79. The summed E-state index contributed by atoms with van der Waals surface area (Å²) < 4.78 is 0. The van der Waals surface area contributed by atoms with Gasteiger partial charge in [0.2, 0.25) is 11.8 Å². The van der Waals surface area contributed by atoms with E-state index in [1.54, 1.807) is 19.9 Å². The summed E-state index contributed by atoms with van der Waals surface area (Å²) in [6, 6.07) is 6.41. The van der Waals surface area contributed by atoms with E-state index in [2.05, 4.69) is 10.6 Å². The number of thioether (sulfide) groups is 1. The van der Waals surface area contributed by atoms with Gasteiger partial charge in [-0.15, -0.1) is 11.8 Å². The summed E-state index contributed by atoms with van der Waals surface area (Å²) in [6.07, 6.45) is -0.0542. The van der Waals surface area contributed by atoms with Crippen molar-refractivity contribution in [1.82, 2.24) is 5.32 Å². The number of nitrogens with one attached hydrogen (secondary N) is 2. The minimum absolute atomic E-state index is 0.0542. The molecule has 0 saturated heterocycles. The number of amides is 2. The predicted octanol–water partition coefficient (Wildman–Crippen LogP) is 1.71. The van der Waals surface area contributed by atoms with Gasteiger partial charge < -0.3 is 15.7 Å². The van der Waals surface area contributed by atoms with Gasteiger partial charge in [0.25, 0.3) is 0 Å². The summed E-state index contributed by atoms with van der Waals surface area (Å²) >= 11 is 1.32. The molecule has 1 aromatic carbocycles. The van der Waals surface area contributed by atoms with Gasteiger partial charge in [-0.05, 0) is 18.1 Å². The van der Waals surface area contributed by atoms with Crippen LogP contribution in [0.25, 0.3) is 0 Å². The van der Waals surface area contributed by atoms with Crippen LogP contribution in [0, 0.1) is 5.92 Å². The lowest BCUT2D eigenvalue weighted by Gasteiger charge is -2.24. The fourth-order valence-corrected chi connectivity index (χ4v) is 3.25. The Morgan fingerprint density at radius 3 is 2.68 bits per heavy atom. The Morgan fingerprint density at radius 1 is 1.36 bits per heavy atom. The fraction of sp³-hybridized carbons (Fsp3) is 0.400. The lowest BCUT2D eigenvalue weighted by molar-refractivity contribution is -0.143. The van der Waals surface area contributed by atoms with Crippen molar-refractivity contribution in [2.45, 2.75) is 36.5 Å². The normalized spacial score (nSPS) is 18.3. The molecular weight excluding hydrogens is 304 g/mol. The summed E-state index contributed by atoms with van der Waals surface area (Å²) in [4.78, 5) is 36.0. The van der Waals surface area contributed by atoms with Gasteiger partial charge in [-0.3, -0.25) is 9.59 Å². The molecule has 1 heterocycles. The molecule has 1 aromatic rings. The molecule has 3 N–H and O–H groups in total. The van der Waals surface area contributed by atoms with Crippen molar-refractivity contribution < 1.29 is 19.5 Å². The first kappa shape index (κ1) is 16.4. The van der Waals surface area contributed by atoms with Crippen LogP contribution in [0.1, 0.15) is 20.3 Å². The minimum atomic E-state index is -1.07. The van der Waals surface area contributed by atoms with Crippen molar-refractivity contribution in [2.24, 2.45) is 5.92 Å². The largest absolute Gasteiger partial charge is 0.480 e. The smallest absolute Gasteiger partial charge is 0.326 e. The highest BCUT2D eigenvalue weighted by Crippen LogP contribution is 2.36. The van der Waals surface area contributed by atoms with E-state index in [1.165, 1.54) is 11.8 Å². The van der Waals surface area contributed by atoms with E-state index < -0.39 is 23.2 Å². The zero-order valence-electron chi connectivity index (χ0n) is 12.3. The van der Waals surface area contributed by atoms with E-state index in [9.17, 15) is 14.4 Å². The van der Waals surface area contributed by atoms with E-state index in [4.69, 9.17) is 5.11 Å². The van der Waals surface area contributed by atoms with E-state index >= 15 is 0 Å². The average Bonchev–Trinajstić information content (AvgIpc) is 2.45. The Balaban J connectivity index is 2.00. The Labute approximate surface area is 132 Å². The number of carbonyl (C=O) groups excluding carboxylic acids is 2. The molecule has 2 atom stereocenters. The van der Waals surface area contributed by atoms with E-state index in [1.807, 2.05) is 18.2 Å². The lowest BCUT2D eigenvalue weighted by atomic mass is 10.0. The van der Waals surface area contributed by atoms with Crippen molar-refractivity contribution >= 4 is 35.2 Å². The van der Waals surface area contributed by atoms with Crippen LogP contribution in [0.5, 0.6) is 0 Å². The van der Waals surface area contributed by atoms with Crippen LogP contribution in [-0.2, 0) is 14.4 Å². The molecule has 0 radical (unpaired) electrons. The van der Waals surface area contributed by atoms with Crippen LogP contribution in [0.4, 0.5) is 5.69 Å². The molecule has 2 rings (SSSR count). The number of carbonyl (C=O) groups is 3. The number of hydrogen-bond acceptors (Lipinski definition) is 4. The number of hydrogen-bond donors (Lipinski definition) is 3.